The van der Waals surface area contributed by atoms with Crippen molar-refractivity contribution in [3.63, 3.8) is 0 Å². The predicted molar refractivity (Wildman–Crippen MR) is 98.5 cm³/mol. The van der Waals surface area contributed by atoms with E-state index in [1.54, 1.807) is 6.07 Å². The van der Waals surface area contributed by atoms with E-state index in [9.17, 15) is 0 Å². The summed E-state index contributed by atoms with van der Waals surface area (Å²) in [7, 11) is 0. The van der Waals surface area contributed by atoms with Crippen LogP contribution in [0.2, 0.25) is 5.15 Å². The normalized spacial score (nSPS) is 17.9. The van der Waals surface area contributed by atoms with Gasteiger partial charge in [0.05, 0.1) is 0 Å². The van der Waals surface area contributed by atoms with Gasteiger partial charge in [0.1, 0.15) is 11.8 Å². The van der Waals surface area contributed by atoms with Gasteiger partial charge in [-0.15, -0.1) is 0 Å². The van der Waals surface area contributed by atoms with Crippen LogP contribution in [0.5, 0.6) is 5.88 Å². The summed E-state index contributed by atoms with van der Waals surface area (Å²) >= 11 is 7.54. The number of rotatable bonds is 2. The molecule has 0 saturated heterocycles. The first-order valence-electron chi connectivity index (χ1n) is 8.01. The highest BCUT2D eigenvalue weighted by Crippen LogP contribution is 2.24. The van der Waals surface area contributed by atoms with Crippen molar-refractivity contribution in [3.8, 4) is 5.88 Å². The summed E-state index contributed by atoms with van der Waals surface area (Å²) in [5.74, 6) is 1.51. The topological polar surface area (TPSA) is 59.1 Å². The van der Waals surface area contributed by atoms with E-state index in [0.717, 1.165) is 17.9 Å². The molecule has 1 atom stereocenters. The second-order valence-corrected chi connectivity index (χ2v) is 7.49. The third-order valence-corrected chi connectivity index (χ3v) is 4.58. The molecular formula is C17H21ClN4OS. The van der Waals surface area contributed by atoms with Gasteiger partial charge in [0.15, 0.2) is 0 Å². The summed E-state index contributed by atoms with van der Waals surface area (Å²) in [6, 6.07) is 10.3. The first-order valence-corrected chi connectivity index (χ1v) is 9.20. The van der Waals surface area contributed by atoms with E-state index >= 15 is 0 Å². The molecule has 7 heteroatoms. The van der Waals surface area contributed by atoms with Crippen LogP contribution >= 0.6 is 23.5 Å². The molecule has 1 aliphatic heterocycles. The Bertz CT molecular complexity index is 698. The zero-order valence-corrected chi connectivity index (χ0v) is 15.3. The van der Waals surface area contributed by atoms with Crippen molar-refractivity contribution in [1.82, 2.24) is 15.3 Å². The molecule has 2 N–H and O–H groups in total. The lowest BCUT2D eigenvalue weighted by atomic mass is 10.0. The van der Waals surface area contributed by atoms with Crippen LogP contribution < -0.4 is 14.8 Å². The molecule has 1 aromatic heterocycles. The minimum atomic E-state index is 0.243. The second-order valence-electron chi connectivity index (χ2n) is 6.22. The third kappa shape index (κ3) is 5.00. The Morgan fingerprint density at radius 1 is 1.33 bits per heavy atom. The summed E-state index contributed by atoms with van der Waals surface area (Å²) in [5.41, 5.74) is 1.24. The van der Waals surface area contributed by atoms with Gasteiger partial charge in [-0.05, 0) is 42.0 Å². The van der Waals surface area contributed by atoms with Gasteiger partial charge in [0.2, 0.25) is 11.8 Å². The van der Waals surface area contributed by atoms with Gasteiger partial charge in [0.25, 0.3) is 0 Å². The number of anilines is 1. The van der Waals surface area contributed by atoms with Crippen LogP contribution in [0.25, 0.3) is 0 Å². The molecule has 0 fully saturated rings. The van der Waals surface area contributed by atoms with Crippen LogP contribution in [0, 0.1) is 5.92 Å². The second kappa shape index (κ2) is 8.05. The molecule has 3 rings (SSSR count). The van der Waals surface area contributed by atoms with Crippen LogP contribution in [0.4, 0.5) is 5.95 Å². The highest BCUT2D eigenvalue weighted by Gasteiger charge is 2.14. The van der Waals surface area contributed by atoms with Gasteiger partial charge in [-0.2, -0.15) is 4.98 Å². The number of fused-ring (bicyclic) bond motifs is 4. The van der Waals surface area contributed by atoms with Gasteiger partial charge >= 0.3 is 0 Å². The van der Waals surface area contributed by atoms with Crippen LogP contribution in [-0.2, 0) is 6.54 Å². The lowest BCUT2D eigenvalue weighted by Crippen LogP contribution is -2.35. The van der Waals surface area contributed by atoms with Crippen molar-refractivity contribution in [2.75, 3.05) is 11.3 Å². The maximum atomic E-state index is 6.08. The number of halogens is 1. The molecule has 128 valence electrons. The molecule has 1 unspecified atom stereocenters. The average molecular weight is 365 g/mol. The van der Waals surface area contributed by atoms with E-state index in [0.29, 0.717) is 29.5 Å². The van der Waals surface area contributed by atoms with E-state index in [1.165, 1.54) is 17.5 Å². The maximum absolute atomic E-state index is 6.08. The van der Waals surface area contributed by atoms with Crippen molar-refractivity contribution in [1.29, 1.82) is 0 Å². The van der Waals surface area contributed by atoms with Gasteiger partial charge in [0, 0.05) is 23.5 Å². The lowest BCUT2D eigenvalue weighted by molar-refractivity contribution is 0.236. The number of aromatic nitrogens is 2. The quantitative estimate of drug-likeness (QED) is 0.616. The Morgan fingerprint density at radius 3 is 3.04 bits per heavy atom. The van der Waals surface area contributed by atoms with Crippen LogP contribution in [-0.4, -0.2) is 22.6 Å². The molecule has 0 radical (unpaired) electrons. The Labute approximate surface area is 151 Å². The fraction of sp³-hybridized carbons (Fsp3) is 0.412. The van der Waals surface area contributed by atoms with E-state index in [1.807, 2.05) is 6.07 Å². The molecular weight excluding hydrogens is 344 g/mol. The summed E-state index contributed by atoms with van der Waals surface area (Å²) in [5, 5.41) is 3.95. The Morgan fingerprint density at radius 2 is 2.21 bits per heavy atom. The van der Waals surface area contributed by atoms with Crippen LogP contribution in [0.15, 0.2) is 35.2 Å². The molecule has 2 aromatic rings. The Hall–Kier alpha value is -1.50. The molecule has 1 aliphatic rings. The minimum Gasteiger partial charge on any atom is -0.476 e. The van der Waals surface area contributed by atoms with Gasteiger partial charge in [-0.25, -0.2) is 4.98 Å². The van der Waals surface area contributed by atoms with Crippen molar-refractivity contribution in [2.24, 2.45) is 5.92 Å². The third-order valence-electron chi connectivity index (χ3n) is 3.61. The molecule has 0 spiro atoms. The van der Waals surface area contributed by atoms with E-state index in [2.05, 4.69) is 52.1 Å². The number of hydrogen-bond donors (Lipinski definition) is 2. The van der Waals surface area contributed by atoms with Crippen molar-refractivity contribution >= 4 is 29.5 Å². The first kappa shape index (κ1) is 17.3. The maximum Gasteiger partial charge on any atom is 0.237 e. The van der Waals surface area contributed by atoms with Gasteiger partial charge < -0.3 is 10.1 Å². The number of ether oxygens (including phenoxy) is 1. The Balaban J connectivity index is 1.87. The largest absolute Gasteiger partial charge is 0.476 e. The van der Waals surface area contributed by atoms with Gasteiger partial charge in [-0.3, -0.25) is 4.72 Å². The predicted octanol–water partition coefficient (Wildman–Crippen LogP) is 4.15. The van der Waals surface area contributed by atoms with Crippen LogP contribution in [0.1, 0.15) is 25.8 Å². The zero-order chi connectivity index (χ0) is 16.9. The van der Waals surface area contributed by atoms with Crippen molar-refractivity contribution in [2.45, 2.75) is 37.8 Å². The zero-order valence-electron chi connectivity index (χ0n) is 13.8. The standard InChI is InChI=1S/C17H21ClN4OS/c1-11(2)6-13-10-23-16-8-15(18)20-17(21-16)22-24-14-5-3-4-12(7-14)9-19-13/h3-5,7-8,11,13,19H,6,9-10H2,1-2H3,(H,20,21,22). The van der Waals surface area contributed by atoms with Crippen LogP contribution in [0.3, 0.4) is 0 Å². The van der Waals surface area contributed by atoms with Gasteiger partial charge in [-0.1, -0.05) is 37.6 Å². The van der Waals surface area contributed by atoms with E-state index in [4.69, 9.17) is 16.3 Å². The molecule has 0 aliphatic carbocycles. The summed E-state index contributed by atoms with van der Waals surface area (Å²) in [4.78, 5) is 9.66. The summed E-state index contributed by atoms with van der Waals surface area (Å²) in [6.45, 7) is 5.77. The van der Waals surface area contributed by atoms with Crippen molar-refractivity contribution in [3.05, 3.63) is 41.0 Å². The average Bonchev–Trinajstić information content (AvgIpc) is 2.55. The molecule has 4 bridgehead atoms. The number of hydrogen-bond acceptors (Lipinski definition) is 6. The molecule has 0 saturated carbocycles. The number of benzene rings is 1. The molecule has 2 heterocycles. The Kier molecular flexibility index (Phi) is 5.81. The van der Waals surface area contributed by atoms with E-state index < -0.39 is 0 Å². The van der Waals surface area contributed by atoms with Crippen molar-refractivity contribution < 1.29 is 4.74 Å². The lowest BCUT2D eigenvalue weighted by Gasteiger charge is -2.21. The fourth-order valence-electron chi connectivity index (χ4n) is 2.57. The molecule has 0 amide bonds. The monoisotopic (exact) mass is 364 g/mol. The highest BCUT2D eigenvalue weighted by atomic mass is 35.5. The number of nitrogens with one attached hydrogen (secondary N) is 2. The highest BCUT2D eigenvalue weighted by molar-refractivity contribution is 8.00. The SMILES string of the molecule is CC(C)CC1COc2cc(Cl)nc(n2)NSc2cccc(c2)CN1. The molecule has 1 aromatic carbocycles. The first-order chi connectivity index (χ1) is 11.6. The molecule has 5 nitrogen and oxygen atoms in total. The summed E-state index contributed by atoms with van der Waals surface area (Å²) < 4.78 is 8.99. The smallest absolute Gasteiger partial charge is 0.237 e. The summed E-state index contributed by atoms with van der Waals surface area (Å²) in [6.07, 6.45) is 1.03. The molecule has 24 heavy (non-hydrogen) atoms. The van der Waals surface area contributed by atoms with E-state index in [-0.39, 0.29) is 6.04 Å². The minimum absolute atomic E-state index is 0.243. The number of nitrogens with zero attached hydrogens (tertiary/aromatic N) is 2. The fourth-order valence-corrected chi connectivity index (χ4v) is 3.40.